The van der Waals surface area contributed by atoms with Crippen LogP contribution in [0.4, 0.5) is 11.5 Å². The number of nitrogen functional groups attached to an aromatic ring is 1. The molecule has 0 spiro atoms. The topological polar surface area (TPSA) is 60.2 Å². The first-order chi connectivity index (χ1) is 6.36. The summed E-state index contributed by atoms with van der Waals surface area (Å²) in [5.41, 5.74) is 6.59. The minimum absolute atomic E-state index is 0.381. The van der Waals surface area contributed by atoms with Crippen LogP contribution in [-0.4, -0.2) is 24.2 Å². The van der Waals surface area contributed by atoms with Gasteiger partial charge in [-0.05, 0) is 18.6 Å². The summed E-state index contributed by atoms with van der Waals surface area (Å²) in [6.07, 6.45) is 2.72. The molecule has 70 valence electrons. The molecule has 3 N–H and O–H groups in total. The van der Waals surface area contributed by atoms with Crippen LogP contribution >= 0.6 is 0 Å². The van der Waals surface area contributed by atoms with Crippen LogP contribution in [0.2, 0.25) is 0 Å². The number of nitrogens with two attached hydrogens (primary N) is 1. The summed E-state index contributed by atoms with van der Waals surface area (Å²) in [5, 5.41) is 3.30. The second kappa shape index (κ2) is 3.62. The molecule has 1 saturated heterocycles. The maximum absolute atomic E-state index is 5.68. The van der Waals surface area contributed by atoms with Crippen LogP contribution in [-0.2, 0) is 4.74 Å². The smallest absolute Gasteiger partial charge is 0.146 e. The van der Waals surface area contributed by atoms with Gasteiger partial charge in [-0.25, -0.2) is 4.98 Å². The van der Waals surface area contributed by atoms with Crippen LogP contribution in [0.5, 0.6) is 0 Å². The summed E-state index contributed by atoms with van der Waals surface area (Å²) in [4.78, 5) is 4.00. The lowest BCUT2D eigenvalue weighted by atomic mass is 10.2. The van der Waals surface area contributed by atoms with E-state index >= 15 is 0 Å². The molecule has 0 radical (unpaired) electrons. The fraction of sp³-hybridized carbons (Fsp3) is 0.444. The summed E-state index contributed by atoms with van der Waals surface area (Å²) >= 11 is 0. The lowest BCUT2D eigenvalue weighted by Gasteiger charge is -2.12. The molecule has 0 aromatic carbocycles. The van der Waals surface area contributed by atoms with Crippen LogP contribution in [0.15, 0.2) is 18.3 Å². The molecular weight excluding hydrogens is 166 g/mol. The van der Waals surface area contributed by atoms with Gasteiger partial charge in [0.05, 0.1) is 18.3 Å². The maximum Gasteiger partial charge on any atom is 0.146 e. The Morgan fingerprint density at radius 3 is 3.23 bits per heavy atom. The zero-order chi connectivity index (χ0) is 9.10. The third-order valence-corrected chi connectivity index (χ3v) is 2.13. The van der Waals surface area contributed by atoms with Crippen molar-refractivity contribution in [3.63, 3.8) is 0 Å². The van der Waals surface area contributed by atoms with Crippen molar-refractivity contribution in [1.29, 1.82) is 0 Å². The molecule has 1 aromatic heterocycles. The van der Waals surface area contributed by atoms with Crippen LogP contribution in [0.1, 0.15) is 6.42 Å². The molecule has 1 fully saturated rings. The first-order valence-electron chi connectivity index (χ1n) is 4.41. The molecule has 4 nitrogen and oxygen atoms in total. The Hall–Kier alpha value is -1.29. The van der Waals surface area contributed by atoms with Gasteiger partial charge in [0, 0.05) is 12.8 Å². The number of anilines is 2. The summed E-state index contributed by atoms with van der Waals surface area (Å²) < 4.78 is 5.25. The van der Waals surface area contributed by atoms with Crippen molar-refractivity contribution in [2.24, 2.45) is 0 Å². The molecular formula is C9H13N3O. The molecule has 13 heavy (non-hydrogen) atoms. The van der Waals surface area contributed by atoms with Gasteiger partial charge in [-0.3, -0.25) is 0 Å². The van der Waals surface area contributed by atoms with Gasteiger partial charge in [-0.15, -0.1) is 0 Å². The largest absolute Gasteiger partial charge is 0.382 e. The lowest BCUT2D eigenvalue weighted by molar-refractivity contribution is 0.195. The van der Waals surface area contributed by atoms with Gasteiger partial charge >= 0.3 is 0 Å². The summed E-state index contributed by atoms with van der Waals surface area (Å²) in [7, 11) is 0. The fourth-order valence-electron chi connectivity index (χ4n) is 1.41. The van der Waals surface area contributed by atoms with E-state index in [9.17, 15) is 0 Å². The number of ether oxygens (including phenoxy) is 1. The number of nitrogens with one attached hydrogen (secondary N) is 1. The molecule has 0 bridgehead atoms. The third kappa shape index (κ3) is 1.89. The number of aromatic nitrogens is 1. The van der Waals surface area contributed by atoms with Gasteiger partial charge in [-0.1, -0.05) is 0 Å². The second-order valence-electron chi connectivity index (χ2n) is 3.14. The van der Waals surface area contributed by atoms with E-state index in [4.69, 9.17) is 10.5 Å². The summed E-state index contributed by atoms with van der Waals surface area (Å²) in [5.74, 6) is 0.550. The molecule has 1 atom stereocenters. The van der Waals surface area contributed by atoms with Crippen molar-refractivity contribution >= 4 is 11.5 Å². The summed E-state index contributed by atoms with van der Waals surface area (Å²) in [6.45, 7) is 1.59. The fourth-order valence-corrected chi connectivity index (χ4v) is 1.41. The number of hydrogen-bond donors (Lipinski definition) is 2. The van der Waals surface area contributed by atoms with E-state index in [1.807, 2.05) is 12.1 Å². The van der Waals surface area contributed by atoms with E-state index in [2.05, 4.69) is 10.3 Å². The lowest BCUT2D eigenvalue weighted by Crippen LogP contribution is -2.19. The first kappa shape index (κ1) is 8.31. The highest BCUT2D eigenvalue weighted by Crippen LogP contribution is 2.17. The molecule has 1 unspecified atom stereocenters. The van der Waals surface area contributed by atoms with E-state index in [0.29, 0.717) is 11.9 Å². The van der Waals surface area contributed by atoms with E-state index in [-0.39, 0.29) is 0 Å². The molecule has 1 aromatic rings. The van der Waals surface area contributed by atoms with Crippen molar-refractivity contribution < 1.29 is 4.74 Å². The zero-order valence-corrected chi connectivity index (χ0v) is 7.36. The number of nitrogens with zero attached hydrogens (tertiary/aromatic N) is 1. The van der Waals surface area contributed by atoms with E-state index in [1.54, 1.807) is 6.20 Å². The van der Waals surface area contributed by atoms with E-state index in [0.717, 1.165) is 25.3 Å². The molecule has 0 saturated carbocycles. The Morgan fingerprint density at radius 1 is 1.62 bits per heavy atom. The molecule has 2 rings (SSSR count). The van der Waals surface area contributed by atoms with Crippen LogP contribution in [0.3, 0.4) is 0 Å². The molecule has 0 aliphatic carbocycles. The predicted octanol–water partition coefficient (Wildman–Crippen LogP) is 0.865. The average Bonchev–Trinajstić information content (AvgIpc) is 2.61. The Labute approximate surface area is 77.1 Å². The van der Waals surface area contributed by atoms with Gasteiger partial charge in [0.25, 0.3) is 0 Å². The normalized spacial score (nSPS) is 21.7. The maximum atomic E-state index is 5.68. The Balaban J connectivity index is 2.04. The zero-order valence-electron chi connectivity index (χ0n) is 7.36. The van der Waals surface area contributed by atoms with Crippen molar-refractivity contribution in [1.82, 2.24) is 4.98 Å². The molecule has 1 aliphatic rings. The van der Waals surface area contributed by atoms with Gasteiger partial charge in [0.2, 0.25) is 0 Å². The minimum Gasteiger partial charge on any atom is -0.382 e. The quantitative estimate of drug-likeness (QED) is 0.707. The number of pyridine rings is 1. The highest BCUT2D eigenvalue weighted by Gasteiger charge is 2.15. The number of hydrogen-bond acceptors (Lipinski definition) is 4. The number of rotatable bonds is 2. The SMILES string of the molecule is Nc1ncccc1NC1CCOC1. The van der Waals surface area contributed by atoms with Crippen molar-refractivity contribution in [3.05, 3.63) is 18.3 Å². The summed E-state index contributed by atoms with van der Waals surface area (Å²) in [6, 6.07) is 4.18. The van der Waals surface area contributed by atoms with Gasteiger partial charge in [-0.2, -0.15) is 0 Å². The molecule has 0 amide bonds. The standard InChI is InChI=1S/C9H13N3O/c10-9-8(2-1-4-11-9)12-7-3-5-13-6-7/h1-2,4,7,12H,3,5-6H2,(H2,10,11). The Kier molecular flexibility index (Phi) is 2.31. The van der Waals surface area contributed by atoms with Crippen LogP contribution < -0.4 is 11.1 Å². The van der Waals surface area contributed by atoms with E-state index < -0.39 is 0 Å². The second-order valence-corrected chi connectivity index (χ2v) is 3.14. The predicted molar refractivity (Wildman–Crippen MR) is 51.5 cm³/mol. The van der Waals surface area contributed by atoms with Gasteiger partial charge in [0.1, 0.15) is 5.82 Å². The Bertz CT molecular complexity index is 284. The average molecular weight is 179 g/mol. The molecule has 2 heterocycles. The third-order valence-electron chi connectivity index (χ3n) is 2.13. The minimum atomic E-state index is 0.381. The Morgan fingerprint density at radius 2 is 2.54 bits per heavy atom. The highest BCUT2D eigenvalue weighted by atomic mass is 16.5. The monoisotopic (exact) mass is 179 g/mol. The van der Waals surface area contributed by atoms with Crippen molar-refractivity contribution in [2.45, 2.75) is 12.5 Å². The molecule has 4 heteroatoms. The van der Waals surface area contributed by atoms with Gasteiger partial charge in [0.15, 0.2) is 0 Å². The van der Waals surface area contributed by atoms with Crippen LogP contribution in [0.25, 0.3) is 0 Å². The molecule has 1 aliphatic heterocycles. The van der Waals surface area contributed by atoms with Crippen molar-refractivity contribution in [2.75, 3.05) is 24.3 Å². The highest BCUT2D eigenvalue weighted by molar-refractivity contribution is 5.61. The van der Waals surface area contributed by atoms with E-state index in [1.165, 1.54) is 0 Å². The first-order valence-corrected chi connectivity index (χ1v) is 4.41. The van der Waals surface area contributed by atoms with Crippen molar-refractivity contribution in [3.8, 4) is 0 Å². The van der Waals surface area contributed by atoms with Gasteiger partial charge < -0.3 is 15.8 Å². The van der Waals surface area contributed by atoms with Crippen LogP contribution in [0, 0.1) is 0 Å².